The second-order valence-electron chi connectivity index (χ2n) is 4.76. The summed E-state index contributed by atoms with van der Waals surface area (Å²) in [4.78, 5) is 2.32. The third-order valence-electron chi connectivity index (χ3n) is 3.50. The molecule has 0 amide bonds. The number of nitrogens with zero attached hydrogens (tertiary/aromatic N) is 2. The van der Waals surface area contributed by atoms with E-state index < -0.39 is 0 Å². The summed E-state index contributed by atoms with van der Waals surface area (Å²) in [5, 5.41) is 12.8. The monoisotopic (exact) mass is 279 g/mol. The molecule has 19 heavy (non-hydrogen) atoms. The zero-order valence-electron chi connectivity index (χ0n) is 11.5. The number of rotatable bonds is 4. The summed E-state index contributed by atoms with van der Waals surface area (Å²) in [5.41, 5.74) is 3.20. The Morgan fingerprint density at radius 1 is 1.32 bits per heavy atom. The van der Waals surface area contributed by atoms with Crippen LogP contribution < -0.4 is 10.2 Å². The highest BCUT2D eigenvalue weighted by Gasteiger charge is 2.16. The maximum Gasteiger partial charge on any atom is 0.102 e. The molecule has 1 N–H and O–H groups in total. The molecule has 0 unspecified atom stereocenters. The molecule has 2 rings (SSSR count). The van der Waals surface area contributed by atoms with Crippen molar-refractivity contribution < 1.29 is 0 Å². The maximum absolute atomic E-state index is 9.44. The van der Waals surface area contributed by atoms with E-state index in [1.807, 2.05) is 0 Å². The summed E-state index contributed by atoms with van der Waals surface area (Å²) in [6.45, 7) is 6.18. The molecule has 0 saturated carbocycles. The molecular formula is C15H22ClN3. The lowest BCUT2D eigenvalue weighted by Gasteiger charge is -2.30. The highest BCUT2D eigenvalue weighted by atomic mass is 35.5. The van der Waals surface area contributed by atoms with Gasteiger partial charge in [0.2, 0.25) is 0 Å². The summed E-state index contributed by atoms with van der Waals surface area (Å²) in [6, 6.07) is 8.67. The van der Waals surface area contributed by atoms with Crippen LogP contribution in [0.5, 0.6) is 0 Å². The number of benzene rings is 1. The fourth-order valence-corrected chi connectivity index (χ4v) is 2.46. The van der Waals surface area contributed by atoms with Gasteiger partial charge in [0.1, 0.15) is 6.07 Å². The fraction of sp³-hybridized carbons (Fsp3) is 0.533. The molecule has 1 saturated heterocycles. The van der Waals surface area contributed by atoms with E-state index in [0.29, 0.717) is 0 Å². The Labute approximate surface area is 122 Å². The molecule has 0 aromatic heterocycles. The van der Waals surface area contributed by atoms with E-state index in [1.165, 1.54) is 12.0 Å². The lowest BCUT2D eigenvalue weighted by Crippen LogP contribution is -2.43. The van der Waals surface area contributed by atoms with Crippen molar-refractivity contribution in [1.82, 2.24) is 5.32 Å². The minimum atomic E-state index is 0. The summed E-state index contributed by atoms with van der Waals surface area (Å²) >= 11 is 0. The Balaban J connectivity index is 0.00000180. The van der Waals surface area contributed by atoms with Crippen LogP contribution in [0.4, 0.5) is 5.69 Å². The van der Waals surface area contributed by atoms with Crippen LogP contribution in [0.2, 0.25) is 0 Å². The molecule has 1 aliphatic rings. The van der Waals surface area contributed by atoms with Crippen LogP contribution in [0, 0.1) is 11.3 Å². The standard InChI is InChI=1S/C15H21N3.ClH/c1-2-3-5-13-6-4-7-15(14(13)12-16)18-10-8-17-9-11-18;/h4,6-7,17H,2-3,5,8-11H2,1H3;1H. The minimum absolute atomic E-state index is 0. The van der Waals surface area contributed by atoms with E-state index in [4.69, 9.17) is 0 Å². The van der Waals surface area contributed by atoms with Crippen LogP contribution in [-0.4, -0.2) is 26.2 Å². The molecule has 0 aliphatic carbocycles. The average molecular weight is 280 g/mol. The molecule has 0 atom stereocenters. The fourth-order valence-electron chi connectivity index (χ4n) is 2.46. The van der Waals surface area contributed by atoms with Gasteiger partial charge in [0.15, 0.2) is 0 Å². The van der Waals surface area contributed by atoms with Crippen molar-refractivity contribution >= 4 is 18.1 Å². The quantitative estimate of drug-likeness (QED) is 0.921. The van der Waals surface area contributed by atoms with Gasteiger partial charge < -0.3 is 10.2 Å². The van der Waals surface area contributed by atoms with Crippen molar-refractivity contribution in [2.24, 2.45) is 0 Å². The Bertz CT molecular complexity index is 434. The molecule has 1 fully saturated rings. The van der Waals surface area contributed by atoms with Gasteiger partial charge in [-0.1, -0.05) is 25.5 Å². The highest BCUT2D eigenvalue weighted by molar-refractivity contribution is 5.85. The largest absolute Gasteiger partial charge is 0.368 e. The molecule has 3 nitrogen and oxygen atoms in total. The van der Waals surface area contributed by atoms with Crippen molar-refractivity contribution in [1.29, 1.82) is 5.26 Å². The summed E-state index contributed by atoms with van der Waals surface area (Å²) in [5.74, 6) is 0. The third kappa shape index (κ3) is 3.86. The van der Waals surface area contributed by atoms with Crippen molar-refractivity contribution in [2.45, 2.75) is 26.2 Å². The summed E-state index contributed by atoms with van der Waals surface area (Å²) in [6.07, 6.45) is 3.34. The Morgan fingerprint density at radius 2 is 2.05 bits per heavy atom. The van der Waals surface area contributed by atoms with Gasteiger partial charge >= 0.3 is 0 Å². The normalized spacial score (nSPS) is 14.6. The SMILES string of the molecule is CCCCc1cccc(N2CCNCC2)c1C#N.Cl. The number of nitrogens with one attached hydrogen (secondary N) is 1. The molecule has 0 bridgehead atoms. The molecular weight excluding hydrogens is 258 g/mol. The van der Waals surface area contributed by atoms with Gasteiger partial charge in [-0.05, 0) is 24.5 Å². The smallest absolute Gasteiger partial charge is 0.102 e. The Morgan fingerprint density at radius 3 is 2.68 bits per heavy atom. The lowest BCUT2D eigenvalue weighted by molar-refractivity contribution is 0.588. The summed E-state index contributed by atoms with van der Waals surface area (Å²) < 4.78 is 0. The number of unbranched alkanes of at least 4 members (excludes halogenated alkanes) is 1. The van der Waals surface area contributed by atoms with Gasteiger partial charge in [0, 0.05) is 26.2 Å². The summed E-state index contributed by atoms with van der Waals surface area (Å²) in [7, 11) is 0. The van der Waals surface area contributed by atoms with Gasteiger partial charge in [-0.3, -0.25) is 0 Å². The van der Waals surface area contributed by atoms with Crippen LogP contribution in [0.15, 0.2) is 18.2 Å². The second kappa shape index (κ2) is 8.04. The zero-order chi connectivity index (χ0) is 12.8. The zero-order valence-corrected chi connectivity index (χ0v) is 12.3. The molecule has 1 heterocycles. The van der Waals surface area contributed by atoms with E-state index in [-0.39, 0.29) is 12.4 Å². The van der Waals surface area contributed by atoms with Gasteiger partial charge in [0.25, 0.3) is 0 Å². The van der Waals surface area contributed by atoms with Gasteiger partial charge in [-0.2, -0.15) is 5.26 Å². The number of aryl methyl sites for hydroxylation is 1. The molecule has 1 aliphatic heterocycles. The van der Waals surface area contributed by atoms with Crippen LogP contribution in [0.25, 0.3) is 0 Å². The van der Waals surface area contributed by atoms with E-state index in [1.54, 1.807) is 0 Å². The predicted octanol–water partition coefficient (Wildman–Crippen LogP) is 2.73. The molecule has 104 valence electrons. The van der Waals surface area contributed by atoms with Crippen LogP contribution in [0.1, 0.15) is 30.9 Å². The topological polar surface area (TPSA) is 39.1 Å². The van der Waals surface area contributed by atoms with Crippen LogP contribution >= 0.6 is 12.4 Å². The number of piperazine rings is 1. The minimum Gasteiger partial charge on any atom is -0.368 e. The van der Waals surface area contributed by atoms with Gasteiger partial charge in [-0.25, -0.2) is 0 Å². The molecule has 1 aromatic carbocycles. The second-order valence-corrected chi connectivity index (χ2v) is 4.76. The van der Waals surface area contributed by atoms with E-state index >= 15 is 0 Å². The first-order valence-corrected chi connectivity index (χ1v) is 6.84. The Kier molecular flexibility index (Phi) is 6.69. The van der Waals surface area contributed by atoms with Crippen LogP contribution in [0.3, 0.4) is 0 Å². The van der Waals surface area contributed by atoms with E-state index in [0.717, 1.165) is 50.3 Å². The molecule has 4 heteroatoms. The first-order valence-electron chi connectivity index (χ1n) is 6.84. The predicted molar refractivity (Wildman–Crippen MR) is 82.1 cm³/mol. The number of hydrogen-bond donors (Lipinski definition) is 1. The highest BCUT2D eigenvalue weighted by Crippen LogP contribution is 2.24. The van der Waals surface area contributed by atoms with Gasteiger partial charge in [-0.15, -0.1) is 12.4 Å². The number of hydrogen-bond acceptors (Lipinski definition) is 3. The van der Waals surface area contributed by atoms with E-state index in [2.05, 4.69) is 41.4 Å². The van der Waals surface area contributed by atoms with Crippen molar-refractivity contribution in [3.63, 3.8) is 0 Å². The van der Waals surface area contributed by atoms with Crippen molar-refractivity contribution in [2.75, 3.05) is 31.1 Å². The van der Waals surface area contributed by atoms with E-state index in [9.17, 15) is 5.26 Å². The lowest BCUT2D eigenvalue weighted by atomic mass is 10.0. The third-order valence-corrected chi connectivity index (χ3v) is 3.50. The first kappa shape index (κ1) is 15.8. The number of halogens is 1. The molecule has 1 aromatic rings. The average Bonchev–Trinajstić information content (AvgIpc) is 2.45. The maximum atomic E-state index is 9.44. The molecule has 0 spiro atoms. The van der Waals surface area contributed by atoms with Crippen molar-refractivity contribution in [3.05, 3.63) is 29.3 Å². The van der Waals surface area contributed by atoms with Crippen molar-refractivity contribution in [3.8, 4) is 6.07 Å². The number of anilines is 1. The first-order chi connectivity index (χ1) is 8.86. The van der Waals surface area contributed by atoms with Crippen LogP contribution in [-0.2, 0) is 6.42 Å². The molecule has 0 radical (unpaired) electrons. The number of nitriles is 1. The Hall–Kier alpha value is -1.24. The van der Waals surface area contributed by atoms with Gasteiger partial charge in [0.05, 0.1) is 11.3 Å².